The minimum atomic E-state index is 1.05. The number of nitrogens with zero attached hydrogens (tertiary/aromatic N) is 2. The van der Waals surface area contributed by atoms with Crippen molar-refractivity contribution < 1.29 is 0 Å². The van der Waals surface area contributed by atoms with Crippen molar-refractivity contribution in [2.45, 2.75) is 27.7 Å². The summed E-state index contributed by atoms with van der Waals surface area (Å²) in [6, 6.07) is 18.8. The Morgan fingerprint density at radius 2 is 0.926 bits per heavy atom. The molecule has 3 rings (SSSR count). The van der Waals surface area contributed by atoms with Gasteiger partial charge in [0.15, 0.2) is 0 Å². The molecule has 2 radical (unpaired) electrons. The second kappa shape index (κ2) is 8.67. The third kappa shape index (κ3) is 4.57. The fourth-order valence-corrected chi connectivity index (χ4v) is 3.83. The van der Waals surface area contributed by atoms with Crippen LogP contribution in [-0.4, -0.2) is 35.5 Å². The van der Waals surface area contributed by atoms with Crippen LogP contribution in [0.4, 0.5) is 11.4 Å². The standard InChI is InChI=1S/C24H23N2.Sb/c1-17-8-5-9-18(2)23(17)25-15-21-12-7-13-22(14-21)16-26-24-19(3)10-6-11-20(24)4;/h5-13,15-16H,1-4H3;. The van der Waals surface area contributed by atoms with Gasteiger partial charge in [0.05, 0.1) is 0 Å². The Balaban J connectivity index is 1.93. The molecule has 0 bridgehead atoms. The molecule has 27 heavy (non-hydrogen) atoms. The monoisotopic (exact) mass is 460 g/mol. The first-order chi connectivity index (χ1) is 13.0. The van der Waals surface area contributed by atoms with Gasteiger partial charge >= 0.3 is 176 Å². The molecule has 0 aliphatic rings. The summed E-state index contributed by atoms with van der Waals surface area (Å²) in [7, 11) is 0. The van der Waals surface area contributed by atoms with Gasteiger partial charge in [-0.05, 0) is 0 Å². The fourth-order valence-electron chi connectivity index (χ4n) is 3.08. The van der Waals surface area contributed by atoms with Gasteiger partial charge in [0, 0.05) is 0 Å². The Bertz CT molecular complexity index is 912. The van der Waals surface area contributed by atoms with Crippen molar-refractivity contribution in [1.82, 2.24) is 0 Å². The van der Waals surface area contributed by atoms with Gasteiger partial charge in [0.25, 0.3) is 0 Å². The Morgan fingerprint density at radius 3 is 1.30 bits per heavy atom. The maximum atomic E-state index is 4.76. The van der Waals surface area contributed by atoms with Crippen LogP contribution >= 0.6 is 0 Å². The molecule has 0 saturated heterocycles. The van der Waals surface area contributed by atoms with Crippen molar-refractivity contribution in [1.29, 1.82) is 0 Å². The van der Waals surface area contributed by atoms with E-state index in [1.807, 2.05) is 12.4 Å². The molecule has 3 aromatic carbocycles. The van der Waals surface area contributed by atoms with E-state index in [1.165, 1.54) is 25.8 Å². The van der Waals surface area contributed by atoms with Gasteiger partial charge in [0.1, 0.15) is 0 Å². The maximum absolute atomic E-state index is 4.76. The molecule has 0 amide bonds. The molecule has 0 N–H and O–H groups in total. The van der Waals surface area contributed by atoms with Crippen molar-refractivity contribution in [3.63, 3.8) is 0 Å². The minimum absolute atomic E-state index is 1.05. The molecule has 3 heteroatoms. The fraction of sp³-hybridized carbons (Fsp3) is 0.167. The Hall–Kier alpha value is -2.18. The molecule has 134 valence electrons. The van der Waals surface area contributed by atoms with Crippen molar-refractivity contribution in [2.24, 2.45) is 9.98 Å². The van der Waals surface area contributed by atoms with Crippen LogP contribution in [0.5, 0.6) is 0 Å². The van der Waals surface area contributed by atoms with E-state index >= 15 is 0 Å². The van der Waals surface area contributed by atoms with Gasteiger partial charge in [-0.2, -0.15) is 0 Å². The van der Waals surface area contributed by atoms with Gasteiger partial charge in [0.2, 0.25) is 0 Å². The zero-order valence-corrected chi connectivity index (χ0v) is 18.7. The van der Waals surface area contributed by atoms with E-state index < -0.39 is 0 Å². The SMILES string of the molecule is Cc1cccc(C)c1N=Cc1cccc(C=Nc2c(C)cccc2C)[c]1[Sb]. The summed E-state index contributed by atoms with van der Waals surface area (Å²) < 4.78 is 1.23. The zero-order chi connectivity index (χ0) is 19.4. The van der Waals surface area contributed by atoms with Crippen LogP contribution in [0.1, 0.15) is 33.4 Å². The summed E-state index contributed by atoms with van der Waals surface area (Å²) in [6.07, 6.45) is 3.94. The number of aliphatic imine (C=N–C) groups is 2. The Morgan fingerprint density at radius 1 is 0.593 bits per heavy atom. The predicted molar refractivity (Wildman–Crippen MR) is 118 cm³/mol. The molecular weight excluding hydrogens is 438 g/mol. The average molecular weight is 461 g/mol. The summed E-state index contributed by atoms with van der Waals surface area (Å²) in [5, 5.41) is 0. The number of benzene rings is 3. The third-order valence-electron chi connectivity index (χ3n) is 4.64. The van der Waals surface area contributed by atoms with Crippen molar-refractivity contribution in [2.75, 3.05) is 0 Å². The number of hydrogen-bond acceptors (Lipinski definition) is 2. The molecular formula is C24H23N2Sb. The topological polar surface area (TPSA) is 24.7 Å². The van der Waals surface area contributed by atoms with E-state index in [4.69, 9.17) is 9.98 Å². The quantitative estimate of drug-likeness (QED) is 0.377. The van der Waals surface area contributed by atoms with E-state index in [9.17, 15) is 0 Å². The molecule has 0 fully saturated rings. The molecule has 0 unspecified atom stereocenters. The molecule has 0 saturated carbocycles. The Labute approximate surface area is 175 Å². The van der Waals surface area contributed by atoms with Gasteiger partial charge in [-0.3, -0.25) is 0 Å². The number of hydrogen-bond donors (Lipinski definition) is 0. The van der Waals surface area contributed by atoms with Crippen LogP contribution in [0.15, 0.2) is 64.6 Å². The Kier molecular flexibility index (Phi) is 6.29. The van der Waals surface area contributed by atoms with Crippen LogP contribution in [0.3, 0.4) is 0 Å². The molecule has 0 atom stereocenters. The van der Waals surface area contributed by atoms with Gasteiger partial charge in [-0.1, -0.05) is 0 Å². The zero-order valence-electron chi connectivity index (χ0n) is 16.2. The molecule has 3 aromatic rings. The van der Waals surface area contributed by atoms with E-state index in [0.717, 1.165) is 22.5 Å². The summed E-state index contributed by atoms with van der Waals surface area (Å²) >= 11 is 1.70. The number of aryl methyl sites for hydroxylation is 4. The molecule has 0 heterocycles. The average Bonchev–Trinajstić information content (AvgIpc) is 2.63. The van der Waals surface area contributed by atoms with E-state index in [1.54, 1.807) is 23.0 Å². The molecule has 0 aromatic heterocycles. The van der Waals surface area contributed by atoms with E-state index in [2.05, 4.69) is 82.3 Å². The van der Waals surface area contributed by atoms with E-state index in [0.29, 0.717) is 0 Å². The predicted octanol–water partition coefficient (Wildman–Crippen LogP) is 5.22. The summed E-state index contributed by atoms with van der Waals surface area (Å²) in [6.45, 7) is 8.40. The first kappa shape index (κ1) is 19.6. The number of para-hydroxylation sites is 2. The van der Waals surface area contributed by atoms with Crippen LogP contribution in [0.2, 0.25) is 0 Å². The van der Waals surface area contributed by atoms with Crippen LogP contribution in [0.25, 0.3) is 0 Å². The second-order valence-electron chi connectivity index (χ2n) is 6.78. The third-order valence-corrected chi connectivity index (χ3v) is 6.12. The number of rotatable bonds is 4. The first-order valence-electron chi connectivity index (χ1n) is 9.00. The molecule has 0 aliphatic carbocycles. The molecule has 0 spiro atoms. The molecule has 2 nitrogen and oxygen atoms in total. The second-order valence-corrected chi connectivity index (χ2v) is 8.06. The van der Waals surface area contributed by atoms with Gasteiger partial charge in [-0.25, -0.2) is 0 Å². The van der Waals surface area contributed by atoms with Crippen LogP contribution in [-0.2, 0) is 0 Å². The summed E-state index contributed by atoms with van der Waals surface area (Å²) in [5.41, 5.74) is 9.16. The van der Waals surface area contributed by atoms with Crippen molar-refractivity contribution in [3.8, 4) is 0 Å². The van der Waals surface area contributed by atoms with Crippen molar-refractivity contribution >= 4 is 50.3 Å². The van der Waals surface area contributed by atoms with Crippen LogP contribution in [0, 0.1) is 27.7 Å². The van der Waals surface area contributed by atoms with Gasteiger partial charge in [-0.15, -0.1) is 0 Å². The van der Waals surface area contributed by atoms with E-state index in [-0.39, 0.29) is 0 Å². The summed E-state index contributed by atoms with van der Waals surface area (Å²) in [5.74, 6) is 0. The van der Waals surface area contributed by atoms with Crippen molar-refractivity contribution in [3.05, 3.63) is 88.0 Å². The first-order valence-corrected chi connectivity index (χ1v) is 10.3. The molecule has 0 aliphatic heterocycles. The summed E-state index contributed by atoms with van der Waals surface area (Å²) in [4.78, 5) is 9.53. The van der Waals surface area contributed by atoms with Gasteiger partial charge < -0.3 is 0 Å². The normalized spacial score (nSPS) is 11.6. The van der Waals surface area contributed by atoms with Crippen LogP contribution < -0.4 is 3.51 Å².